The zero-order valence-corrected chi connectivity index (χ0v) is 14.1. The van der Waals surface area contributed by atoms with Crippen LogP contribution in [0.25, 0.3) is 0 Å². The molecule has 0 spiro atoms. The molecule has 0 radical (unpaired) electrons. The Morgan fingerprint density at radius 3 is 2.41 bits per heavy atom. The van der Waals surface area contributed by atoms with Gasteiger partial charge in [-0.1, -0.05) is 19.9 Å². The Bertz CT molecular complexity index is 606. The van der Waals surface area contributed by atoms with Crippen LogP contribution in [0.2, 0.25) is 0 Å². The van der Waals surface area contributed by atoms with E-state index in [0.717, 1.165) is 11.3 Å². The Morgan fingerprint density at radius 1 is 1.32 bits per heavy atom. The highest BCUT2D eigenvalue weighted by atomic mass is 32.2. The van der Waals surface area contributed by atoms with Crippen LogP contribution < -0.4 is 10.0 Å². The number of thiophene rings is 1. The van der Waals surface area contributed by atoms with E-state index in [-0.39, 0.29) is 10.8 Å². The minimum Gasteiger partial charge on any atom is -0.481 e. The highest BCUT2D eigenvalue weighted by Gasteiger charge is 2.35. The van der Waals surface area contributed by atoms with Crippen LogP contribution in [0, 0.1) is 5.41 Å². The number of hydrogen-bond donors (Lipinski definition) is 3. The first kappa shape index (κ1) is 18.6. The summed E-state index contributed by atoms with van der Waals surface area (Å²) >= 11 is 1.05. The number of aliphatic carboxylic acids is 1. The summed E-state index contributed by atoms with van der Waals surface area (Å²) in [6.07, 6.45) is 0.750. The second-order valence-corrected chi connectivity index (χ2v) is 7.77. The predicted molar refractivity (Wildman–Crippen MR) is 83.2 cm³/mol. The highest BCUT2D eigenvalue weighted by Crippen LogP contribution is 2.25. The third-order valence-electron chi connectivity index (χ3n) is 3.61. The Morgan fingerprint density at radius 2 is 1.95 bits per heavy atom. The summed E-state index contributed by atoms with van der Waals surface area (Å²) in [5.74, 6) is -1.54. The van der Waals surface area contributed by atoms with E-state index in [4.69, 9.17) is 0 Å². The molecule has 0 unspecified atom stereocenters. The molecule has 0 aliphatic heterocycles. The second-order valence-electron chi connectivity index (χ2n) is 4.83. The zero-order chi connectivity index (χ0) is 16.8. The molecule has 0 atom stereocenters. The number of carbonyl (C=O) groups is 2. The molecule has 1 aromatic heterocycles. The lowest BCUT2D eigenvalue weighted by atomic mass is 9.82. The molecule has 0 aromatic carbocycles. The average Bonchev–Trinajstić information content (AvgIpc) is 3.01. The van der Waals surface area contributed by atoms with Crippen molar-refractivity contribution < 1.29 is 23.1 Å². The van der Waals surface area contributed by atoms with Crippen molar-refractivity contribution in [3.05, 3.63) is 17.5 Å². The summed E-state index contributed by atoms with van der Waals surface area (Å²) in [5.41, 5.74) is -1.03. The van der Waals surface area contributed by atoms with E-state index in [1.165, 1.54) is 6.07 Å². The number of sulfonamides is 1. The number of amides is 1. The molecular weight excluding hydrogens is 328 g/mol. The van der Waals surface area contributed by atoms with E-state index < -0.39 is 33.9 Å². The molecule has 0 aliphatic carbocycles. The average molecular weight is 348 g/mol. The van der Waals surface area contributed by atoms with Gasteiger partial charge in [0.15, 0.2) is 0 Å². The minimum atomic E-state index is -3.70. The van der Waals surface area contributed by atoms with Crippen LogP contribution in [0.5, 0.6) is 0 Å². The molecule has 0 bridgehead atoms. The Labute approximate surface area is 133 Å². The van der Waals surface area contributed by atoms with Crippen molar-refractivity contribution in [1.29, 1.82) is 0 Å². The Kier molecular flexibility index (Phi) is 6.51. The van der Waals surface area contributed by atoms with Crippen molar-refractivity contribution >= 4 is 33.2 Å². The van der Waals surface area contributed by atoms with E-state index >= 15 is 0 Å². The summed E-state index contributed by atoms with van der Waals surface area (Å²) in [4.78, 5) is 23.0. The monoisotopic (exact) mass is 348 g/mol. The second kappa shape index (κ2) is 7.70. The Balaban J connectivity index is 2.55. The summed E-state index contributed by atoms with van der Waals surface area (Å²) < 4.78 is 26.0. The van der Waals surface area contributed by atoms with Crippen molar-refractivity contribution in [3.63, 3.8) is 0 Å². The fourth-order valence-corrected chi connectivity index (χ4v) is 3.88. The van der Waals surface area contributed by atoms with Gasteiger partial charge in [-0.05, 0) is 24.3 Å². The quantitative estimate of drug-likeness (QED) is 0.617. The van der Waals surface area contributed by atoms with Gasteiger partial charge in [0.2, 0.25) is 5.91 Å². The fourth-order valence-electron chi connectivity index (χ4n) is 1.86. The lowest BCUT2D eigenvalue weighted by Gasteiger charge is -2.26. The molecule has 3 N–H and O–H groups in total. The lowest BCUT2D eigenvalue weighted by Crippen LogP contribution is -2.45. The van der Waals surface area contributed by atoms with Crippen molar-refractivity contribution in [1.82, 2.24) is 10.0 Å². The van der Waals surface area contributed by atoms with Gasteiger partial charge in [0.25, 0.3) is 10.0 Å². The van der Waals surface area contributed by atoms with Gasteiger partial charge in [0.1, 0.15) is 4.21 Å². The lowest BCUT2D eigenvalue weighted by molar-refractivity contribution is -0.149. The third kappa shape index (κ3) is 4.52. The SMILES string of the molecule is CCC(CC)(CNC(=O)CNS(=O)(=O)c1cccs1)C(=O)O. The van der Waals surface area contributed by atoms with Crippen LogP contribution in [0.4, 0.5) is 0 Å². The van der Waals surface area contributed by atoms with Crippen molar-refractivity contribution in [3.8, 4) is 0 Å². The van der Waals surface area contributed by atoms with Crippen LogP contribution in [0.15, 0.2) is 21.7 Å². The maximum atomic E-state index is 11.8. The van der Waals surface area contributed by atoms with E-state index in [9.17, 15) is 23.1 Å². The van der Waals surface area contributed by atoms with Crippen LogP contribution in [-0.4, -0.2) is 38.5 Å². The molecule has 9 heteroatoms. The van der Waals surface area contributed by atoms with Gasteiger partial charge in [0, 0.05) is 6.54 Å². The number of hydrogen-bond acceptors (Lipinski definition) is 5. The number of rotatable bonds is 9. The summed E-state index contributed by atoms with van der Waals surface area (Å²) in [6.45, 7) is 3.02. The molecule has 1 rings (SSSR count). The first-order valence-electron chi connectivity index (χ1n) is 6.80. The molecule has 7 nitrogen and oxygen atoms in total. The summed E-state index contributed by atoms with van der Waals surface area (Å²) in [5, 5.41) is 13.4. The van der Waals surface area contributed by atoms with Gasteiger partial charge in [0.05, 0.1) is 12.0 Å². The van der Waals surface area contributed by atoms with Crippen molar-refractivity contribution in [2.75, 3.05) is 13.1 Å². The van der Waals surface area contributed by atoms with Gasteiger partial charge in [-0.25, -0.2) is 13.1 Å². The number of carboxylic acids is 1. The molecule has 1 aromatic rings. The van der Waals surface area contributed by atoms with Gasteiger partial charge >= 0.3 is 5.97 Å². The first-order chi connectivity index (χ1) is 10.3. The maximum absolute atomic E-state index is 11.8. The van der Waals surface area contributed by atoms with E-state index in [2.05, 4.69) is 10.0 Å². The molecule has 1 heterocycles. The van der Waals surface area contributed by atoms with Gasteiger partial charge in [-0.3, -0.25) is 9.59 Å². The van der Waals surface area contributed by atoms with Crippen LogP contribution >= 0.6 is 11.3 Å². The molecule has 1 amide bonds. The number of nitrogens with one attached hydrogen (secondary N) is 2. The summed E-state index contributed by atoms with van der Waals surface area (Å²) in [6, 6.07) is 3.04. The number of carbonyl (C=O) groups excluding carboxylic acids is 1. The predicted octanol–water partition coefficient (Wildman–Crippen LogP) is 1.03. The standard InChI is InChI=1S/C13H20N2O5S2/c1-3-13(4-2,12(17)18)9-14-10(16)8-15-22(19,20)11-6-5-7-21-11/h5-7,15H,3-4,8-9H2,1-2H3,(H,14,16)(H,17,18). The van der Waals surface area contributed by atoms with E-state index in [1.807, 2.05) is 0 Å². The molecular formula is C13H20N2O5S2. The molecule has 0 saturated heterocycles. The van der Waals surface area contributed by atoms with Crippen LogP contribution in [0.1, 0.15) is 26.7 Å². The maximum Gasteiger partial charge on any atom is 0.311 e. The normalized spacial score (nSPS) is 12.1. The molecule has 22 heavy (non-hydrogen) atoms. The van der Waals surface area contributed by atoms with Gasteiger partial charge in [-0.2, -0.15) is 0 Å². The Hall–Kier alpha value is -1.45. The van der Waals surface area contributed by atoms with Crippen LogP contribution in [0.3, 0.4) is 0 Å². The van der Waals surface area contributed by atoms with Crippen molar-refractivity contribution in [2.45, 2.75) is 30.9 Å². The largest absolute Gasteiger partial charge is 0.481 e. The van der Waals surface area contributed by atoms with Crippen molar-refractivity contribution in [2.24, 2.45) is 5.41 Å². The minimum absolute atomic E-state index is 0.0328. The topological polar surface area (TPSA) is 113 Å². The van der Waals surface area contributed by atoms with Gasteiger partial charge in [-0.15, -0.1) is 11.3 Å². The molecule has 0 fully saturated rings. The summed E-state index contributed by atoms with van der Waals surface area (Å²) in [7, 11) is -3.70. The van der Waals surface area contributed by atoms with Gasteiger partial charge < -0.3 is 10.4 Å². The van der Waals surface area contributed by atoms with E-state index in [1.54, 1.807) is 25.3 Å². The fraction of sp³-hybridized carbons (Fsp3) is 0.538. The van der Waals surface area contributed by atoms with Crippen LogP contribution in [-0.2, 0) is 19.6 Å². The molecule has 0 aliphatic rings. The third-order valence-corrected chi connectivity index (χ3v) is 6.41. The first-order valence-corrected chi connectivity index (χ1v) is 9.17. The highest BCUT2D eigenvalue weighted by molar-refractivity contribution is 7.91. The molecule has 124 valence electrons. The zero-order valence-electron chi connectivity index (χ0n) is 12.5. The smallest absolute Gasteiger partial charge is 0.311 e. The van der Waals surface area contributed by atoms with E-state index in [0.29, 0.717) is 12.8 Å². The number of carboxylic acid groups (broad SMARTS) is 1. The molecule has 0 saturated carbocycles.